The van der Waals surface area contributed by atoms with Crippen molar-refractivity contribution in [2.45, 2.75) is 0 Å². The monoisotopic (exact) mass is 638 g/mol. The molecule has 50 heavy (non-hydrogen) atoms. The van der Waals surface area contributed by atoms with E-state index in [1.807, 2.05) is 60.7 Å². The number of benzene rings is 7. The summed E-state index contributed by atoms with van der Waals surface area (Å²) in [5.41, 5.74) is 10.2. The van der Waals surface area contributed by atoms with Crippen molar-refractivity contribution in [1.29, 1.82) is 0 Å². The maximum atomic E-state index is 6.79. The number of hydrogen-bond donors (Lipinski definition) is 0. The zero-order valence-electron chi connectivity index (χ0n) is 26.7. The molecule has 5 nitrogen and oxygen atoms in total. The van der Waals surface area contributed by atoms with Crippen molar-refractivity contribution in [3.05, 3.63) is 158 Å². The average molecular weight is 639 g/mol. The van der Waals surface area contributed by atoms with E-state index in [9.17, 15) is 0 Å². The lowest BCUT2D eigenvalue weighted by Crippen LogP contribution is -2.00. The van der Waals surface area contributed by atoms with Crippen LogP contribution >= 0.6 is 0 Å². The van der Waals surface area contributed by atoms with Gasteiger partial charge in [-0.25, -0.2) is 15.0 Å². The van der Waals surface area contributed by atoms with Gasteiger partial charge >= 0.3 is 0 Å². The topological polar surface area (TPSA) is 56.2 Å². The Morgan fingerprint density at radius 2 is 0.940 bits per heavy atom. The highest BCUT2D eigenvalue weighted by atomic mass is 16.3. The van der Waals surface area contributed by atoms with Gasteiger partial charge in [-0.05, 0) is 29.8 Å². The van der Waals surface area contributed by atoms with Gasteiger partial charge in [0.15, 0.2) is 17.5 Å². The van der Waals surface area contributed by atoms with Crippen LogP contribution in [0.3, 0.4) is 0 Å². The molecule has 0 aliphatic heterocycles. The molecular formula is C45H26N4O. The molecule has 0 bridgehead atoms. The summed E-state index contributed by atoms with van der Waals surface area (Å²) in [6, 6.07) is 54.7. The van der Waals surface area contributed by atoms with E-state index in [0.717, 1.165) is 49.8 Å². The van der Waals surface area contributed by atoms with Crippen LogP contribution < -0.4 is 0 Å². The predicted molar refractivity (Wildman–Crippen MR) is 204 cm³/mol. The molecule has 0 radical (unpaired) electrons. The van der Waals surface area contributed by atoms with Gasteiger partial charge in [-0.15, -0.1) is 0 Å². The SMILES string of the molecule is c1ccc(-c2nc(-c3ccccc3)nc(-c3cccc(-c4cccc5c4oc4ccc6c7cccc8c9ccccc9n(c87)c6c45)c3)n2)cc1. The predicted octanol–water partition coefficient (Wildman–Crippen LogP) is 11.6. The smallest absolute Gasteiger partial charge is 0.164 e. The van der Waals surface area contributed by atoms with Gasteiger partial charge in [-0.2, -0.15) is 0 Å². The van der Waals surface area contributed by atoms with Crippen LogP contribution in [0.25, 0.3) is 105 Å². The first-order chi connectivity index (χ1) is 24.8. The molecule has 0 saturated carbocycles. The molecular weight excluding hydrogens is 613 g/mol. The highest BCUT2D eigenvalue weighted by Gasteiger charge is 2.22. The molecule has 0 N–H and O–H groups in total. The van der Waals surface area contributed by atoms with Crippen LogP contribution in [0.1, 0.15) is 0 Å². The first-order valence-electron chi connectivity index (χ1n) is 16.8. The summed E-state index contributed by atoms with van der Waals surface area (Å²) in [7, 11) is 0. The second-order valence-electron chi connectivity index (χ2n) is 12.8. The van der Waals surface area contributed by atoms with Crippen LogP contribution in [0.15, 0.2) is 162 Å². The van der Waals surface area contributed by atoms with Gasteiger partial charge in [0.05, 0.1) is 21.9 Å². The number of para-hydroxylation sites is 3. The van der Waals surface area contributed by atoms with Crippen molar-refractivity contribution in [1.82, 2.24) is 19.4 Å². The number of furan rings is 1. The number of aromatic nitrogens is 4. The molecule has 11 rings (SSSR count). The highest BCUT2D eigenvalue weighted by Crippen LogP contribution is 2.45. The molecule has 7 aromatic carbocycles. The van der Waals surface area contributed by atoms with Gasteiger partial charge in [0.1, 0.15) is 11.2 Å². The van der Waals surface area contributed by atoms with Crippen molar-refractivity contribution in [3.63, 3.8) is 0 Å². The zero-order valence-corrected chi connectivity index (χ0v) is 26.7. The van der Waals surface area contributed by atoms with Crippen LogP contribution in [-0.2, 0) is 0 Å². The Kier molecular flexibility index (Phi) is 5.60. The Labute approximate surface area is 286 Å². The van der Waals surface area contributed by atoms with Crippen LogP contribution in [-0.4, -0.2) is 19.4 Å². The van der Waals surface area contributed by atoms with Gasteiger partial charge < -0.3 is 8.82 Å². The molecule has 0 fully saturated rings. The molecule has 5 heteroatoms. The van der Waals surface area contributed by atoms with E-state index < -0.39 is 0 Å². The molecule has 0 amide bonds. The molecule has 4 heterocycles. The van der Waals surface area contributed by atoms with Crippen LogP contribution in [0, 0.1) is 0 Å². The number of hydrogen-bond acceptors (Lipinski definition) is 4. The average Bonchev–Trinajstić information content (AvgIpc) is 3.85. The van der Waals surface area contributed by atoms with Crippen molar-refractivity contribution in [2.75, 3.05) is 0 Å². The fraction of sp³-hybridized carbons (Fsp3) is 0. The summed E-state index contributed by atoms with van der Waals surface area (Å²) in [4.78, 5) is 14.8. The maximum Gasteiger partial charge on any atom is 0.164 e. The lowest BCUT2D eigenvalue weighted by atomic mass is 9.99. The summed E-state index contributed by atoms with van der Waals surface area (Å²) in [5, 5.41) is 7.26. The lowest BCUT2D eigenvalue weighted by molar-refractivity contribution is 0.670. The van der Waals surface area contributed by atoms with E-state index >= 15 is 0 Å². The molecule has 0 unspecified atom stereocenters. The Morgan fingerprint density at radius 1 is 0.400 bits per heavy atom. The Hall–Kier alpha value is -6.85. The summed E-state index contributed by atoms with van der Waals surface area (Å²) < 4.78 is 9.23. The lowest BCUT2D eigenvalue weighted by Gasteiger charge is -2.10. The quantitative estimate of drug-likeness (QED) is 0.192. The summed E-state index contributed by atoms with van der Waals surface area (Å²) in [5.74, 6) is 1.90. The van der Waals surface area contributed by atoms with Gasteiger partial charge in [-0.3, -0.25) is 0 Å². The minimum Gasteiger partial charge on any atom is -0.455 e. The largest absolute Gasteiger partial charge is 0.455 e. The Balaban J connectivity index is 1.13. The van der Waals surface area contributed by atoms with Crippen molar-refractivity contribution >= 4 is 60.0 Å². The van der Waals surface area contributed by atoms with Crippen LogP contribution in [0.2, 0.25) is 0 Å². The molecule has 4 aromatic heterocycles. The summed E-state index contributed by atoms with van der Waals surface area (Å²) in [6.45, 7) is 0. The van der Waals surface area contributed by atoms with E-state index in [0.29, 0.717) is 17.5 Å². The maximum absolute atomic E-state index is 6.79. The first-order valence-corrected chi connectivity index (χ1v) is 16.8. The van der Waals surface area contributed by atoms with E-state index in [-0.39, 0.29) is 0 Å². The zero-order chi connectivity index (χ0) is 32.8. The molecule has 0 aliphatic rings. The molecule has 0 saturated heterocycles. The normalized spacial score (nSPS) is 12.0. The second kappa shape index (κ2) is 10.3. The van der Waals surface area contributed by atoms with Crippen molar-refractivity contribution in [3.8, 4) is 45.3 Å². The minimum atomic E-state index is 0.621. The second-order valence-corrected chi connectivity index (χ2v) is 12.8. The first kappa shape index (κ1) is 27.1. The Bertz CT molecular complexity index is 3030. The third-order valence-corrected chi connectivity index (χ3v) is 9.98. The minimum absolute atomic E-state index is 0.621. The standard InChI is InChI=1S/C45H26N4O/c1-3-12-27(13-4-1)43-46-44(28-14-5-2-6-15-28)48-45(47-43)30-17-9-16-29(26-30)31-19-10-22-36-39-38(50-42(31)36)25-24-35-34-21-11-20-33-32-18-7-8-23-37(32)49(40(33)34)41(35)39/h1-26H. The van der Waals surface area contributed by atoms with E-state index in [4.69, 9.17) is 19.4 Å². The number of fused-ring (bicyclic) bond motifs is 10. The fourth-order valence-corrected chi connectivity index (χ4v) is 7.78. The van der Waals surface area contributed by atoms with E-state index in [1.165, 1.54) is 38.1 Å². The fourth-order valence-electron chi connectivity index (χ4n) is 7.78. The third-order valence-electron chi connectivity index (χ3n) is 9.98. The van der Waals surface area contributed by atoms with Crippen molar-refractivity contribution in [2.24, 2.45) is 0 Å². The van der Waals surface area contributed by atoms with Gasteiger partial charge in [-0.1, -0.05) is 133 Å². The molecule has 0 spiro atoms. The highest BCUT2D eigenvalue weighted by molar-refractivity contribution is 6.30. The van der Waals surface area contributed by atoms with Gasteiger partial charge in [0.25, 0.3) is 0 Å². The molecule has 0 aliphatic carbocycles. The van der Waals surface area contributed by atoms with E-state index in [1.54, 1.807) is 0 Å². The molecule has 11 aromatic rings. The summed E-state index contributed by atoms with van der Waals surface area (Å²) >= 11 is 0. The van der Waals surface area contributed by atoms with E-state index in [2.05, 4.69) is 101 Å². The Morgan fingerprint density at radius 3 is 1.70 bits per heavy atom. The van der Waals surface area contributed by atoms with Gasteiger partial charge in [0.2, 0.25) is 0 Å². The number of nitrogens with zero attached hydrogens (tertiary/aromatic N) is 4. The molecule has 232 valence electrons. The van der Waals surface area contributed by atoms with Crippen molar-refractivity contribution < 1.29 is 4.42 Å². The molecule has 0 atom stereocenters. The van der Waals surface area contributed by atoms with Crippen LogP contribution in [0.5, 0.6) is 0 Å². The third kappa shape index (κ3) is 3.86. The van der Waals surface area contributed by atoms with Gasteiger partial charge in [0, 0.05) is 49.2 Å². The summed E-state index contributed by atoms with van der Waals surface area (Å²) in [6.07, 6.45) is 0. The number of rotatable bonds is 4. The van der Waals surface area contributed by atoms with Crippen LogP contribution in [0.4, 0.5) is 0 Å².